The Kier molecular flexibility index (Phi) is 14.1. The molecule has 1 saturated heterocycles. The van der Waals surface area contributed by atoms with Gasteiger partial charge in [0.2, 0.25) is 0 Å². The number of nitrogens with zero attached hydrogens (tertiary/aromatic N) is 5. The molecule has 1 amide bonds. The van der Waals surface area contributed by atoms with Gasteiger partial charge in [0.25, 0.3) is 5.91 Å². The van der Waals surface area contributed by atoms with Crippen LogP contribution in [0.5, 0.6) is 17.2 Å². The third-order valence-electron chi connectivity index (χ3n) is 11.3. The first-order chi connectivity index (χ1) is 32.6. The normalized spacial score (nSPS) is 13.2. The van der Waals surface area contributed by atoms with Gasteiger partial charge in [-0.25, -0.2) is 15.0 Å². The van der Waals surface area contributed by atoms with E-state index in [0.717, 1.165) is 77.2 Å². The number of benzene rings is 5. The average Bonchev–Trinajstić information content (AvgIpc) is 3.69. The van der Waals surface area contributed by atoms with E-state index in [4.69, 9.17) is 16.3 Å². The number of alkyl halides is 6. The number of para-hydroxylation sites is 1. The molecule has 0 atom stereocenters. The number of carbonyl (C=O) groups is 1. The summed E-state index contributed by atoms with van der Waals surface area (Å²) < 4.78 is 86.4. The number of amides is 1. The molecule has 350 valence electrons. The number of aryl methyl sites for hydroxylation is 2. The highest BCUT2D eigenvalue weighted by molar-refractivity contribution is 6.30. The van der Waals surface area contributed by atoms with E-state index in [2.05, 4.69) is 47.4 Å². The summed E-state index contributed by atoms with van der Waals surface area (Å²) in [6, 6.07) is 37.2. The second kappa shape index (κ2) is 20.3. The minimum absolute atomic E-state index is 0.200. The zero-order valence-electron chi connectivity index (χ0n) is 36.7. The number of carbonyl (C=O) groups excluding carboxylic acids is 1. The van der Waals surface area contributed by atoms with E-state index in [1.807, 2.05) is 62.4 Å². The lowest BCUT2D eigenvalue weighted by Crippen LogP contribution is -2.32. The topological polar surface area (TPSA) is 106 Å². The van der Waals surface area contributed by atoms with E-state index in [1.165, 1.54) is 24.3 Å². The predicted octanol–water partition coefficient (Wildman–Crippen LogP) is 13.3. The molecule has 0 bridgehead atoms. The number of aromatic nitrogens is 4. The van der Waals surface area contributed by atoms with Crippen LogP contribution in [0, 0.1) is 6.92 Å². The summed E-state index contributed by atoms with van der Waals surface area (Å²) in [5.41, 5.74) is 5.94. The fourth-order valence-corrected chi connectivity index (χ4v) is 8.10. The lowest BCUT2D eigenvalue weighted by atomic mass is 9.89. The van der Waals surface area contributed by atoms with Gasteiger partial charge in [0, 0.05) is 42.6 Å². The Hall–Kier alpha value is -7.33. The molecular formula is C51H44ClF6N7O3. The monoisotopic (exact) mass is 951 g/mol. The van der Waals surface area contributed by atoms with Gasteiger partial charge in [0.1, 0.15) is 40.2 Å². The number of hydrogen-bond donors (Lipinski definition) is 2. The van der Waals surface area contributed by atoms with Gasteiger partial charge in [-0.15, -0.1) is 13.2 Å². The molecule has 4 heterocycles. The van der Waals surface area contributed by atoms with E-state index < -0.39 is 18.1 Å². The van der Waals surface area contributed by atoms with E-state index >= 15 is 0 Å². The van der Waals surface area contributed by atoms with Crippen LogP contribution in [-0.4, -0.2) is 44.7 Å². The second-order valence-electron chi connectivity index (χ2n) is 16.0. The minimum atomic E-state index is -4.68. The summed E-state index contributed by atoms with van der Waals surface area (Å²) >= 11 is 6.14. The Morgan fingerprint density at radius 1 is 0.765 bits per heavy atom. The van der Waals surface area contributed by atoms with Gasteiger partial charge < -0.3 is 25.0 Å². The highest BCUT2D eigenvalue weighted by atomic mass is 35.5. The largest absolute Gasteiger partial charge is 0.573 e. The van der Waals surface area contributed by atoms with E-state index in [9.17, 15) is 31.1 Å². The van der Waals surface area contributed by atoms with E-state index in [-0.39, 0.29) is 17.6 Å². The van der Waals surface area contributed by atoms with Crippen LogP contribution in [-0.2, 0) is 19.1 Å². The maximum Gasteiger partial charge on any atom is 0.573 e. The number of fused-ring (bicyclic) bond motifs is 2. The number of nitrogens with one attached hydrogen (secondary N) is 2. The van der Waals surface area contributed by atoms with Crippen LogP contribution in [0.15, 0.2) is 140 Å². The Morgan fingerprint density at radius 3 is 2.06 bits per heavy atom. The summed E-state index contributed by atoms with van der Waals surface area (Å²) in [7, 11) is 0. The molecule has 1 aliphatic rings. The third-order valence-corrected chi connectivity index (χ3v) is 11.5. The number of halogens is 7. The van der Waals surface area contributed by atoms with Crippen molar-refractivity contribution >= 4 is 51.3 Å². The summed E-state index contributed by atoms with van der Waals surface area (Å²) in [5, 5.41) is 7.71. The fourth-order valence-electron chi connectivity index (χ4n) is 7.94. The maximum absolute atomic E-state index is 13.0. The Balaban J connectivity index is 0.000000192. The lowest BCUT2D eigenvalue weighted by Gasteiger charge is -2.34. The molecule has 10 nitrogen and oxygen atoms in total. The van der Waals surface area contributed by atoms with E-state index in [0.29, 0.717) is 52.5 Å². The molecule has 0 radical (unpaired) electrons. The van der Waals surface area contributed by atoms with Crippen molar-refractivity contribution in [3.05, 3.63) is 179 Å². The quantitative estimate of drug-likeness (QED) is 0.124. The van der Waals surface area contributed by atoms with E-state index in [1.54, 1.807) is 47.0 Å². The Bertz CT molecular complexity index is 2990. The van der Waals surface area contributed by atoms with Gasteiger partial charge in [-0.3, -0.25) is 9.20 Å². The van der Waals surface area contributed by atoms with Crippen molar-refractivity contribution in [1.82, 2.24) is 24.7 Å². The summed E-state index contributed by atoms with van der Waals surface area (Å²) in [4.78, 5) is 28.8. The molecule has 2 N–H and O–H groups in total. The molecule has 0 spiro atoms. The lowest BCUT2D eigenvalue weighted by molar-refractivity contribution is -0.274. The standard InChI is InChI=1S/C29H28ClF3N4O2.C22H16F3N3O/c1-2-25-27(37-18-22(30)7-12-26(37)35-25)28(38)34-17-19-3-8-23(9-4-19)36-15-13-21(14-16-36)20-5-10-24(11-6-20)39-29(31,32)33;1-14-26-20-5-3-2-4-19(20)21(27-14)28-16-8-12-18(13-9-16)29-17-10-6-15(7-11-17)22(23,24)25/h3-12,18,21H,2,13-17H2,1H3,(H,34,38);2-13H,1H3,(H,26,27,28). The molecule has 0 saturated carbocycles. The first kappa shape index (κ1) is 47.2. The molecule has 9 rings (SSSR count). The predicted molar refractivity (Wildman–Crippen MR) is 250 cm³/mol. The van der Waals surface area contributed by atoms with Crippen molar-refractivity contribution in [3.63, 3.8) is 0 Å². The SMILES string of the molecule is CCc1nc2ccc(Cl)cn2c1C(=O)NCc1ccc(N2CCC(c3ccc(OC(F)(F)F)cc3)CC2)cc1.Cc1nc(Nc2ccc(Oc3ccc(C(F)(F)F)cc3)cc2)c2ccccc2n1. The summed E-state index contributed by atoms with van der Waals surface area (Å²) in [6.07, 6.45) is -4.91. The van der Waals surface area contributed by atoms with Gasteiger partial charge >= 0.3 is 12.5 Å². The number of rotatable bonds is 11. The molecule has 1 aliphatic heterocycles. The van der Waals surface area contributed by atoms with Gasteiger partial charge in [-0.2, -0.15) is 13.2 Å². The van der Waals surface area contributed by atoms with Crippen molar-refractivity contribution < 1.29 is 40.6 Å². The third kappa shape index (κ3) is 11.8. The first-order valence-electron chi connectivity index (χ1n) is 21.7. The molecule has 0 unspecified atom stereocenters. The molecule has 5 aromatic carbocycles. The van der Waals surface area contributed by atoms with Crippen molar-refractivity contribution in [2.75, 3.05) is 23.3 Å². The molecule has 68 heavy (non-hydrogen) atoms. The maximum atomic E-state index is 13.0. The zero-order valence-corrected chi connectivity index (χ0v) is 37.5. The molecule has 3 aromatic heterocycles. The van der Waals surface area contributed by atoms with Crippen LogP contribution in [0.4, 0.5) is 43.5 Å². The summed E-state index contributed by atoms with van der Waals surface area (Å²) in [6.45, 7) is 5.87. The van der Waals surface area contributed by atoms with Crippen LogP contribution < -0.4 is 25.0 Å². The van der Waals surface area contributed by atoms with Crippen LogP contribution in [0.1, 0.15) is 64.4 Å². The number of piperidine rings is 1. The average molecular weight is 952 g/mol. The van der Waals surface area contributed by atoms with Crippen LogP contribution in [0.2, 0.25) is 5.02 Å². The molecule has 1 fully saturated rings. The molecule has 17 heteroatoms. The number of ether oxygens (including phenoxy) is 2. The van der Waals surface area contributed by atoms with Crippen molar-refractivity contribution in [1.29, 1.82) is 0 Å². The number of hydrogen-bond acceptors (Lipinski definition) is 8. The van der Waals surface area contributed by atoms with Gasteiger partial charge in [-0.05, 0) is 140 Å². The Morgan fingerprint density at radius 2 is 1.41 bits per heavy atom. The first-order valence-corrected chi connectivity index (χ1v) is 22.1. The highest BCUT2D eigenvalue weighted by Crippen LogP contribution is 2.34. The van der Waals surface area contributed by atoms with Crippen LogP contribution in [0.25, 0.3) is 16.6 Å². The van der Waals surface area contributed by atoms with Gasteiger partial charge in [0.15, 0.2) is 0 Å². The van der Waals surface area contributed by atoms with Crippen LogP contribution >= 0.6 is 11.6 Å². The van der Waals surface area contributed by atoms with Crippen molar-refractivity contribution in [2.24, 2.45) is 0 Å². The van der Waals surface area contributed by atoms with Crippen molar-refractivity contribution in [2.45, 2.75) is 58.1 Å². The number of imidazole rings is 1. The number of anilines is 3. The van der Waals surface area contributed by atoms with Crippen LogP contribution in [0.3, 0.4) is 0 Å². The van der Waals surface area contributed by atoms with Gasteiger partial charge in [-0.1, -0.05) is 54.9 Å². The zero-order chi connectivity index (χ0) is 48.0. The smallest absolute Gasteiger partial charge is 0.457 e. The minimum Gasteiger partial charge on any atom is -0.457 e. The van der Waals surface area contributed by atoms with Crippen molar-refractivity contribution in [3.8, 4) is 17.2 Å². The van der Waals surface area contributed by atoms with Gasteiger partial charge in [0.05, 0.1) is 21.8 Å². The highest BCUT2D eigenvalue weighted by Gasteiger charge is 2.32. The Labute approximate surface area is 392 Å². The fraction of sp³-hybridized carbons (Fsp3) is 0.216. The molecule has 8 aromatic rings. The molecular weight excluding hydrogens is 908 g/mol. The number of pyridine rings is 1. The summed E-state index contributed by atoms with van der Waals surface area (Å²) in [5.74, 6) is 2.09. The second-order valence-corrected chi connectivity index (χ2v) is 16.4. The molecule has 0 aliphatic carbocycles.